The number of hydrogen-bond acceptors (Lipinski definition) is 0. The van der Waals surface area contributed by atoms with E-state index in [2.05, 4.69) is 6.42 Å². The van der Waals surface area contributed by atoms with E-state index in [1.165, 1.54) is 5.92 Å². The molecule has 1 unspecified atom stereocenters. The van der Waals surface area contributed by atoms with Gasteiger partial charge in [0.25, 0.3) is 0 Å². The zero-order valence-electron chi connectivity index (χ0n) is 6.62. The predicted octanol–water partition coefficient (Wildman–Crippen LogP) is 2.89. The van der Waals surface area contributed by atoms with Crippen molar-refractivity contribution in [3.8, 4) is 12.3 Å². The van der Waals surface area contributed by atoms with Crippen molar-refractivity contribution in [1.82, 2.24) is 0 Å². The van der Waals surface area contributed by atoms with E-state index < -0.39 is 35.0 Å². The Kier molecular flexibility index (Phi) is 2.75. The molecule has 0 aliphatic carbocycles. The number of benzene rings is 1. The number of hydrogen-bond donors (Lipinski definition) is 0. The van der Waals surface area contributed by atoms with Crippen LogP contribution in [0.5, 0.6) is 0 Å². The van der Waals surface area contributed by atoms with Crippen LogP contribution in [0.15, 0.2) is 6.07 Å². The molecule has 1 aromatic carbocycles. The Hall–Kier alpha value is -1.57. The molecule has 1 rings (SSSR count). The Balaban J connectivity index is 3.49. The first-order valence-corrected chi connectivity index (χ1v) is 3.42. The minimum atomic E-state index is -2.51. The van der Waals surface area contributed by atoms with Crippen LogP contribution in [-0.4, -0.2) is 0 Å². The lowest BCUT2D eigenvalue weighted by Crippen LogP contribution is -2.04. The standard InChI is InChI=1S/C9H3F5/c1-2-4(10)7-8(13)5(11)3-6(12)9(7)14/h1,3-4H. The summed E-state index contributed by atoms with van der Waals surface area (Å²) >= 11 is 0. The maximum Gasteiger partial charge on any atom is 0.191 e. The molecule has 1 atom stereocenters. The number of alkyl halides is 1. The van der Waals surface area contributed by atoms with E-state index in [1.807, 2.05) is 0 Å². The van der Waals surface area contributed by atoms with E-state index in [0.717, 1.165) is 0 Å². The van der Waals surface area contributed by atoms with Crippen molar-refractivity contribution in [2.45, 2.75) is 6.17 Å². The molecular formula is C9H3F5. The highest BCUT2D eigenvalue weighted by Crippen LogP contribution is 2.26. The zero-order valence-corrected chi connectivity index (χ0v) is 6.62. The van der Waals surface area contributed by atoms with Gasteiger partial charge in [0.2, 0.25) is 0 Å². The van der Waals surface area contributed by atoms with Crippen molar-refractivity contribution in [3.05, 3.63) is 34.9 Å². The van der Waals surface area contributed by atoms with E-state index in [4.69, 9.17) is 0 Å². The molecule has 0 radical (unpaired) electrons. The Labute approximate surface area is 76.4 Å². The lowest BCUT2D eigenvalue weighted by Gasteiger charge is -2.06. The van der Waals surface area contributed by atoms with Crippen molar-refractivity contribution in [3.63, 3.8) is 0 Å². The lowest BCUT2D eigenvalue weighted by molar-refractivity contribution is 0.366. The molecule has 0 saturated heterocycles. The molecule has 74 valence electrons. The van der Waals surface area contributed by atoms with Crippen molar-refractivity contribution in [2.24, 2.45) is 0 Å². The predicted molar refractivity (Wildman–Crippen MR) is 39.0 cm³/mol. The van der Waals surface area contributed by atoms with Crippen LogP contribution in [-0.2, 0) is 0 Å². The first-order chi connectivity index (χ1) is 6.49. The largest absolute Gasteiger partial charge is 0.228 e. The van der Waals surface area contributed by atoms with Gasteiger partial charge in [-0.25, -0.2) is 22.0 Å². The highest BCUT2D eigenvalue weighted by Gasteiger charge is 2.24. The third-order valence-electron chi connectivity index (χ3n) is 1.55. The summed E-state index contributed by atoms with van der Waals surface area (Å²) in [5.74, 6) is -5.65. The van der Waals surface area contributed by atoms with Crippen LogP contribution < -0.4 is 0 Å². The molecule has 0 amide bonds. The lowest BCUT2D eigenvalue weighted by atomic mass is 10.1. The third-order valence-corrected chi connectivity index (χ3v) is 1.55. The summed E-state index contributed by atoms with van der Waals surface area (Å²) in [4.78, 5) is 0. The number of terminal acetylenes is 1. The molecule has 0 heterocycles. The molecular weight excluding hydrogens is 203 g/mol. The quantitative estimate of drug-likeness (QED) is 0.376. The highest BCUT2D eigenvalue weighted by molar-refractivity contribution is 5.29. The summed E-state index contributed by atoms with van der Waals surface area (Å²) in [6.07, 6.45) is 2.03. The fourth-order valence-corrected chi connectivity index (χ4v) is 0.897. The maximum atomic E-state index is 12.8. The van der Waals surface area contributed by atoms with Crippen LogP contribution in [0.2, 0.25) is 0 Å². The van der Waals surface area contributed by atoms with Crippen LogP contribution in [0.25, 0.3) is 0 Å². The average molecular weight is 206 g/mol. The summed E-state index contributed by atoms with van der Waals surface area (Å²) in [5.41, 5.74) is -1.41. The Bertz CT molecular complexity index is 378. The summed E-state index contributed by atoms with van der Waals surface area (Å²) in [6.45, 7) is 0. The van der Waals surface area contributed by atoms with Gasteiger partial charge in [-0.15, -0.1) is 6.42 Å². The van der Waals surface area contributed by atoms with E-state index in [0.29, 0.717) is 0 Å². The van der Waals surface area contributed by atoms with Gasteiger partial charge in [0.15, 0.2) is 29.4 Å². The average Bonchev–Trinajstić information content (AvgIpc) is 2.15. The third kappa shape index (κ3) is 1.55. The topological polar surface area (TPSA) is 0 Å². The molecule has 0 aliphatic rings. The Morgan fingerprint density at radius 1 is 1.07 bits per heavy atom. The summed E-state index contributed by atoms with van der Waals surface area (Å²) in [7, 11) is 0. The molecule has 0 spiro atoms. The summed E-state index contributed by atoms with van der Waals surface area (Å²) < 4.78 is 63.2. The van der Waals surface area contributed by atoms with Crippen molar-refractivity contribution in [1.29, 1.82) is 0 Å². The van der Waals surface area contributed by atoms with Crippen molar-refractivity contribution < 1.29 is 22.0 Å². The molecule has 0 N–H and O–H groups in total. The second-order valence-corrected chi connectivity index (χ2v) is 2.41. The van der Waals surface area contributed by atoms with Crippen molar-refractivity contribution in [2.75, 3.05) is 0 Å². The van der Waals surface area contributed by atoms with Gasteiger partial charge in [0, 0.05) is 6.07 Å². The summed E-state index contributed by atoms with van der Waals surface area (Å²) in [6, 6.07) is -0.0165. The normalized spacial score (nSPS) is 12.3. The maximum absolute atomic E-state index is 12.8. The van der Waals surface area contributed by atoms with Crippen LogP contribution >= 0.6 is 0 Å². The highest BCUT2D eigenvalue weighted by atomic mass is 19.2. The molecule has 0 saturated carbocycles. The van der Waals surface area contributed by atoms with Gasteiger partial charge in [0.1, 0.15) is 0 Å². The fraction of sp³-hybridized carbons (Fsp3) is 0.111. The second-order valence-electron chi connectivity index (χ2n) is 2.41. The van der Waals surface area contributed by atoms with Gasteiger partial charge in [-0.3, -0.25) is 0 Å². The van der Waals surface area contributed by atoms with Gasteiger partial charge in [-0.1, -0.05) is 5.92 Å². The van der Waals surface area contributed by atoms with Gasteiger partial charge >= 0.3 is 0 Å². The summed E-state index contributed by atoms with van der Waals surface area (Å²) in [5, 5.41) is 0. The first kappa shape index (κ1) is 10.5. The minimum absolute atomic E-state index is 0.0165. The van der Waals surface area contributed by atoms with Crippen molar-refractivity contribution >= 4 is 0 Å². The molecule has 0 aliphatic heterocycles. The SMILES string of the molecule is C#CC(F)c1c(F)c(F)cc(F)c1F. The zero-order chi connectivity index (χ0) is 10.9. The monoisotopic (exact) mass is 206 g/mol. The number of rotatable bonds is 1. The Morgan fingerprint density at radius 2 is 1.50 bits per heavy atom. The smallest absolute Gasteiger partial charge is 0.191 e. The fourth-order valence-electron chi connectivity index (χ4n) is 0.897. The second kappa shape index (κ2) is 3.66. The molecule has 0 fully saturated rings. The molecule has 14 heavy (non-hydrogen) atoms. The van der Waals surface area contributed by atoms with Gasteiger partial charge in [0.05, 0.1) is 5.56 Å². The van der Waals surface area contributed by atoms with Gasteiger partial charge in [-0.2, -0.15) is 0 Å². The molecule has 0 aromatic heterocycles. The van der Waals surface area contributed by atoms with Crippen LogP contribution in [0.3, 0.4) is 0 Å². The molecule has 1 aromatic rings. The van der Waals surface area contributed by atoms with Crippen LogP contribution in [0.1, 0.15) is 11.7 Å². The molecule has 0 nitrogen and oxygen atoms in total. The van der Waals surface area contributed by atoms with Crippen LogP contribution in [0.4, 0.5) is 22.0 Å². The van der Waals surface area contributed by atoms with E-state index >= 15 is 0 Å². The number of halogens is 5. The van der Waals surface area contributed by atoms with E-state index in [1.54, 1.807) is 0 Å². The molecule has 0 bridgehead atoms. The first-order valence-electron chi connectivity index (χ1n) is 3.42. The van der Waals surface area contributed by atoms with Gasteiger partial charge in [-0.05, 0) is 0 Å². The van der Waals surface area contributed by atoms with Crippen LogP contribution in [0, 0.1) is 35.6 Å². The van der Waals surface area contributed by atoms with E-state index in [-0.39, 0.29) is 6.07 Å². The van der Waals surface area contributed by atoms with E-state index in [9.17, 15) is 22.0 Å². The molecule has 5 heteroatoms. The Morgan fingerprint density at radius 3 is 1.86 bits per heavy atom. The minimum Gasteiger partial charge on any atom is -0.228 e. The van der Waals surface area contributed by atoms with Gasteiger partial charge < -0.3 is 0 Å².